The van der Waals surface area contributed by atoms with Gasteiger partial charge in [-0.15, -0.1) is 0 Å². The van der Waals surface area contributed by atoms with E-state index in [0.717, 1.165) is 5.69 Å². The van der Waals surface area contributed by atoms with Crippen molar-refractivity contribution in [2.45, 2.75) is 19.8 Å². The summed E-state index contributed by atoms with van der Waals surface area (Å²) in [6.07, 6.45) is 2.69. The molecular formula is C10H17N3O2. The maximum Gasteiger partial charge on any atom is 0.311 e. The van der Waals surface area contributed by atoms with Crippen molar-refractivity contribution in [3.05, 3.63) is 18.0 Å². The average molecular weight is 211 g/mol. The van der Waals surface area contributed by atoms with Crippen LogP contribution in [-0.4, -0.2) is 27.4 Å². The molecule has 0 saturated heterocycles. The van der Waals surface area contributed by atoms with Crippen molar-refractivity contribution < 1.29 is 9.90 Å². The molecule has 5 nitrogen and oxygen atoms in total. The highest BCUT2D eigenvalue weighted by Crippen LogP contribution is 2.25. The van der Waals surface area contributed by atoms with Crippen molar-refractivity contribution in [1.29, 1.82) is 0 Å². The summed E-state index contributed by atoms with van der Waals surface area (Å²) in [5.74, 6) is -0.849. The van der Waals surface area contributed by atoms with E-state index < -0.39 is 11.4 Å². The van der Waals surface area contributed by atoms with Gasteiger partial charge in [-0.1, -0.05) is 6.92 Å². The minimum absolute atomic E-state index is 0.134. The van der Waals surface area contributed by atoms with E-state index in [2.05, 4.69) is 5.10 Å². The van der Waals surface area contributed by atoms with Gasteiger partial charge < -0.3 is 10.8 Å². The Bertz CT molecular complexity index is 342. The van der Waals surface area contributed by atoms with Crippen LogP contribution < -0.4 is 5.73 Å². The first kappa shape index (κ1) is 11.7. The van der Waals surface area contributed by atoms with Crippen molar-refractivity contribution in [2.24, 2.45) is 18.2 Å². The molecule has 1 atom stereocenters. The van der Waals surface area contributed by atoms with Crippen LogP contribution in [0.1, 0.15) is 19.0 Å². The molecule has 84 valence electrons. The molecule has 1 aromatic heterocycles. The fourth-order valence-corrected chi connectivity index (χ4v) is 1.56. The summed E-state index contributed by atoms with van der Waals surface area (Å²) in [6.45, 7) is 1.97. The standard InChI is InChI=1S/C10H17N3O2/c1-3-10(7-11,9(14)15)6-8-4-5-13(2)12-8/h4-5H,3,6-7,11H2,1-2H3,(H,14,15). The van der Waals surface area contributed by atoms with Crippen LogP contribution in [0.3, 0.4) is 0 Å². The van der Waals surface area contributed by atoms with Crippen molar-refractivity contribution in [2.75, 3.05) is 6.54 Å². The Balaban J connectivity index is 2.88. The summed E-state index contributed by atoms with van der Waals surface area (Å²) in [7, 11) is 1.81. The second kappa shape index (κ2) is 4.44. The van der Waals surface area contributed by atoms with Gasteiger partial charge in [-0.3, -0.25) is 9.48 Å². The zero-order valence-electron chi connectivity index (χ0n) is 9.10. The minimum Gasteiger partial charge on any atom is -0.481 e. The number of nitrogens with zero attached hydrogens (tertiary/aromatic N) is 2. The van der Waals surface area contributed by atoms with E-state index >= 15 is 0 Å². The largest absolute Gasteiger partial charge is 0.481 e. The van der Waals surface area contributed by atoms with Gasteiger partial charge >= 0.3 is 5.97 Å². The molecule has 0 aliphatic carbocycles. The van der Waals surface area contributed by atoms with Gasteiger partial charge in [-0.05, 0) is 12.5 Å². The topological polar surface area (TPSA) is 81.1 Å². The Morgan fingerprint density at radius 3 is 2.73 bits per heavy atom. The number of aromatic nitrogens is 2. The normalized spacial score (nSPS) is 14.9. The number of aliphatic carboxylic acids is 1. The summed E-state index contributed by atoms with van der Waals surface area (Å²) >= 11 is 0. The van der Waals surface area contributed by atoms with E-state index in [0.29, 0.717) is 12.8 Å². The quantitative estimate of drug-likeness (QED) is 0.738. The Kier molecular flexibility index (Phi) is 3.47. The zero-order valence-corrected chi connectivity index (χ0v) is 9.10. The first-order valence-corrected chi connectivity index (χ1v) is 4.96. The van der Waals surface area contributed by atoms with Gasteiger partial charge in [0.15, 0.2) is 0 Å². The molecule has 5 heteroatoms. The minimum atomic E-state index is -0.881. The molecule has 0 saturated carbocycles. The van der Waals surface area contributed by atoms with Crippen molar-refractivity contribution in [1.82, 2.24) is 9.78 Å². The maximum atomic E-state index is 11.2. The SMILES string of the molecule is CCC(CN)(Cc1ccn(C)n1)C(=O)O. The van der Waals surface area contributed by atoms with E-state index in [4.69, 9.17) is 5.73 Å². The predicted molar refractivity (Wildman–Crippen MR) is 56.3 cm³/mol. The zero-order chi connectivity index (χ0) is 11.5. The molecule has 1 aromatic rings. The third-order valence-electron chi connectivity index (χ3n) is 2.81. The smallest absolute Gasteiger partial charge is 0.311 e. The lowest BCUT2D eigenvalue weighted by Crippen LogP contribution is -2.40. The van der Waals surface area contributed by atoms with Crippen LogP contribution in [0.2, 0.25) is 0 Å². The van der Waals surface area contributed by atoms with Gasteiger partial charge in [-0.2, -0.15) is 5.10 Å². The van der Waals surface area contributed by atoms with Crippen LogP contribution in [0.25, 0.3) is 0 Å². The molecule has 0 bridgehead atoms. The highest BCUT2D eigenvalue weighted by Gasteiger charge is 2.36. The number of rotatable bonds is 5. The summed E-state index contributed by atoms with van der Waals surface area (Å²) in [4.78, 5) is 11.2. The Morgan fingerprint density at radius 1 is 1.73 bits per heavy atom. The molecular weight excluding hydrogens is 194 g/mol. The average Bonchev–Trinajstić information content (AvgIpc) is 2.60. The fourth-order valence-electron chi connectivity index (χ4n) is 1.56. The summed E-state index contributed by atoms with van der Waals surface area (Å²) in [5.41, 5.74) is 5.45. The van der Waals surface area contributed by atoms with Gasteiger partial charge in [0.05, 0.1) is 11.1 Å². The molecule has 0 aliphatic rings. The van der Waals surface area contributed by atoms with Crippen molar-refractivity contribution >= 4 is 5.97 Å². The van der Waals surface area contributed by atoms with Gasteiger partial charge in [0, 0.05) is 26.2 Å². The summed E-state index contributed by atoms with van der Waals surface area (Å²) in [5, 5.41) is 13.3. The molecule has 3 N–H and O–H groups in total. The van der Waals surface area contributed by atoms with E-state index in [1.807, 2.05) is 13.0 Å². The second-order valence-electron chi connectivity index (χ2n) is 3.80. The molecule has 0 aromatic carbocycles. The highest BCUT2D eigenvalue weighted by molar-refractivity contribution is 5.75. The molecule has 0 fully saturated rings. The first-order valence-electron chi connectivity index (χ1n) is 4.96. The fraction of sp³-hybridized carbons (Fsp3) is 0.600. The first-order chi connectivity index (χ1) is 7.04. The highest BCUT2D eigenvalue weighted by atomic mass is 16.4. The van der Waals surface area contributed by atoms with Gasteiger partial charge in [0.1, 0.15) is 0 Å². The van der Waals surface area contributed by atoms with Crippen LogP contribution in [0.5, 0.6) is 0 Å². The summed E-state index contributed by atoms with van der Waals surface area (Å²) < 4.78 is 1.66. The van der Waals surface area contributed by atoms with Crippen LogP contribution >= 0.6 is 0 Å². The number of carbonyl (C=O) groups is 1. The molecule has 1 unspecified atom stereocenters. The summed E-state index contributed by atoms with van der Waals surface area (Å²) in [6, 6.07) is 1.82. The van der Waals surface area contributed by atoms with E-state index in [9.17, 15) is 9.90 Å². The Morgan fingerprint density at radius 2 is 2.40 bits per heavy atom. The number of hydrogen-bond acceptors (Lipinski definition) is 3. The van der Waals surface area contributed by atoms with E-state index in [1.165, 1.54) is 0 Å². The Hall–Kier alpha value is -1.36. The lowest BCUT2D eigenvalue weighted by Gasteiger charge is -2.25. The number of carboxylic acid groups (broad SMARTS) is 1. The van der Waals surface area contributed by atoms with Crippen molar-refractivity contribution in [3.63, 3.8) is 0 Å². The molecule has 1 rings (SSSR count). The lowest BCUT2D eigenvalue weighted by molar-refractivity contribution is -0.148. The number of carboxylic acids is 1. The van der Waals surface area contributed by atoms with Crippen LogP contribution in [0.4, 0.5) is 0 Å². The lowest BCUT2D eigenvalue weighted by atomic mass is 9.81. The molecule has 0 amide bonds. The Labute approximate surface area is 88.9 Å². The van der Waals surface area contributed by atoms with E-state index in [1.54, 1.807) is 17.9 Å². The number of hydrogen-bond donors (Lipinski definition) is 2. The molecule has 15 heavy (non-hydrogen) atoms. The molecule has 0 radical (unpaired) electrons. The third-order valence-corrected chi connectivity index (χ3v) is 2.81. The monoisotopic (exact) mass is 211 g/mol. The molecule has 0 spiro atoms. The number of nitrogens with two attached hydrogens (primary N) is 1. The third kappa shape index (κ3) is 2.36. The van der Waals surface area contributed by atoms with E-state index in [-0.39, 0.29) is 6.54 Å². The van der Waals surface area contributed by atoms with Crippen LogP contribution in [-0.2, 0) is 18.3 Å². The van der Waals surface area contributed by atoms with Crippen molar-refractivity contribution in [3.8, 4) is 0 Å². The van der Waals surface area contributed by atoms with Gasteiger partial charge in [0.2, 0.25) is 0 Å². The maximum absolute atomic E-state index is 11.2. The van der Waals surface area contributed by atoms with Gasteiger partial charge in [-0.25, -0.2) is 0 Å². The van der Waals surface area contributed by atoms with Gasteiger partial charge in [0.25, 0.3) is 0 Å². The van der Waals surface area contributed by atoms with Crippen LogP contribution in [0, 0.1) is 5.41 Å². The predicted octanol–water partition coefficient (Wildman–Crippen LogP) is 0.402. The molecule has 1 heterocycles. The van der Waals surface area contributed by atoms with Crippen LogP contribution in [0.15, 0.2) is 12.3 Å². The number of aryl methyl sites for hydroxylation is 1. The second-order valence-corrected chi connectivity index (χ2v) is 3.80. The molecule has 0 aliphatic heterocycles.